The first-order valence-corrected chi connectivity index (χ1v) is 9.20. The number of benzene rings is 2. The standard InChI is InChI=1S/C19H18ClF3N4O2/c1-3-5-12-6-4-7-16(27-18(28)26(2)24-25-27)14(12)11-29-17-10-13(20)8-9-15(17)19(21,22)23/h4,6-10H,3,5,11H2,1-2H3. The Bertz CT molecular complexity index is 1080. The zero-order valence-electron chi connectivity index (χ0n) is 15.7. The van der Waals surface area contributed by atoms with Crippen molar-refractivity contribution >= 4 is 11.6 Å². The van der Waals surface area contributed by atoms with Crippen LogP contribution in [0.3, 0.4) is 0 Å². The second kappa shape index (κ2) is 8.28. The average Bonchev–Trinajstić information content (AvgIpc) is 2.98. The minimum Gasteiger partial charge on any atom is -0.488 e. The Hall–Kier alpha value is -2.81. The Morgan fingerprint density at radius 2 is 1.93 bits per heavy atom. The normalized spacial score (nSPS) is 11.7. The van der Waals surface area contributed by atoms with Crippen molar-refractivity contribution in [3.8, 4) is 11.4 Å². The van der Waals surface area contributed by atoms with E-state index in [-0.39, 0.29) is 17.4 Å². The van der Waals surface area contributed by atoms with Crippen LogP contribution in [-0.2, 0) is 26.3 Å². The molecule has 0 amide bonds. The van der Waals surface area contributed by atoms with Gasteiger partial charge in [-0.25, -0.2) is 4.79 Å². The van der Waals surface area contributed by atoms with Gasteiger partial charge in [-0.3, -0.25) is 0 Å². The smallest absolute Gasteiger partial charge is 0.419 e. The van der Waals surface area contributed by atoms with Crippen LogP contribution in [0.15, 0.2) is 41.2 Å². The van der Waals surface area contributed by atoms with Crippen molar-refractivity contribution in [1.82, 2.24) is 19.8 Å². The minimum absolute atomic E-state index is 0.125. The number of aromatic nitrogens is 4. The highest BCUT2D eigenvalue weighted by Crippen LogP contribution is 2.38. The average molecular weight is 427 g/mol. The first kappa shape index (κ1) is 20.9. The van der Waals surface area contributed by atoms with Crippen molar-refractivity contribution < 1.29 is 17.9 Å². The molecule has 0 aliphatic heterocycles. The third kappa shape index (κ3) is 4.45. The van der Waals surface area contributed by atoms with Gasteiger partial charge in [-0.2, -0.15) is 22.5 Å². The Balaban J connectivity index is 2.05. The summed E-state index contributed by atoms with van der Waals surface area (Å²) in [7, 11) is 1.46. The van der Waals surface area contributed by atoms with Crippen LogP contribution in [0.5, 0.6) is 5.75 Å². The molecule has 3 aromatic rings. The van der Waals surface area contributed by atoms with E-state index in [0.717, 1.165) is 39.5 Å². The quantitative estimate of drug-likeness (QED) is 0.593. The lowest BCUT2D eigenvalue weighted by molar-refractivity contribution is -0.139. The van der Waals surface area contributed by atoms with Crippen LogP contribution in [0.1, 0.15) is 30.0 Å². The molecule has 2 aromatic carbocycles. The number of aryl methyl sites for hydroxylation is 2. The van der Waals surface area contributed by atoms with E-state index in [1.165, 1.54) is 7.05 Å². The molecule has 0 spiro atoms. The fourth-order valence-electron chi connectivity index (χ4n) is 2.95. The fourth-order valence-corrected chi connectivity index (χ4v) is 3.12. The number of ether oxygens (including phenoxy) is 1. The molecular weight excluding hydrogens is 409 g/mol. The second-order valence-corrected chi connectivity index (χ2v) is 6.83. The summed E-state index contributed by atoms with van der Waals surface area (Å²) in [6.07, 6.45) is -3.13. The molecule has 0 unspecified atom stereocenters. The zero-order chi connectivity index (χ0) is 21.2. The van der Waals surface area contributed by atoms with Crippen LogP contribution in [0.2, 0.25) is 5.02 Å². The molecule has 1 heterocycles. The summed E-state index contributed by atoms with van der Waals surface area (Å²) in [4.78, 5) is 12.3. The minimum atomic E-state index is -4.59. The van der Waals surface area contributed by atoms with E-state index in [1.807, 2.05) is 13.0 Å². The molecule has 0 aliphatic rings. The molecule has 10 heteroatoms. The van der Waals surface area contributed by atoms with Crippen molar-refractivity contribution in [1.29, 1.82) is 0 Å². The highest BCUT2D eigenvalue weighted by atomic mass is 35.5. The summed E-state index contributed by atoms with van der Waals surface area (Å²) in [6, 6.07) is 8.41. The molecule has 0 atom stereocenters. The van der Waals surface area contributed by atoms with E-state index in [4.69, 9.17) is 16.3 Å². The second-order valence-electron chi connectivity index (χ2n) is 6.39. The summed E-state index contributed by atoms with van der Waals surface area (Å²) in [6.45, 7) is 1.78. The molecule has 6 nitrogen and oxygen atoms in total. The summed E-state index contributed by atoms with van der Waals surface area (Å²) in [5, 5.41) is 7.65. The first-order valence-electron chi connectivity index (χ1n) is 8.82. The number of halogens is 4. The molecular formula is C19H18ClF3N4O2. The molecule has 1 aromatic heterocycles. The molecule has 0 radical (unpaired) electrons. The lowest BCUT2D eigenvalue weighted by atomic mass is 10.0. The Morgan fingerprint density at radius 1 is 1.17 bits per heavy atom. The van der Waals surface area contributed by atoms with Gasteiger partial charge in [0.2, 0.25) is 0 Å². The van der Waals surface area contributed by atoms with Crippen LogP contribution in [0.25, 0.3) is 5.69 Å². The molecule has 0 saturated heterocycles. The topological polar surface area (TPSA) is 61.9 Å². The van der Waals surface area contributed by atoms with Gasteiger partial charge >= 0.3 is 11.9 Å². The van der Waals surface area contributed by atoms with Gasteiger partial charge in [0.1, 0.15) is 12.4 Å². The Labute approximate surface area is 169 Å². The van der Waals surface area contributed by atoms with Gasteiger partial charge in [0.25, 0.3) is 0 Å². The van der Waals surface area contributed by atoms with Gasteiger partial charge < -0.3 is 4.74 Å². The molecule has 0 aliphatic carbocycles. The third-order valence-corrected chi connectivity index (χ3v) is 4.57. The molecule has 0 fully saturated rings. The molecule has 3 rings (SSSR count). The lowest BCUT2D eigenvalue weighted by Gasteiger charge is -2.17. The maximum absolute atomic E-state index is 13.3. The number of hydrogen-bond acceptors (Lipinski definition) is 4. The highest BCUT2D eigenvalue weighted by Gasteiger charge is 2.34. The van der Waals surface area contributed by atoms with Crippen LogP contribution in [0.4, 0.5) is 13.2 Å². The fraction of sp³-hybridized carbons (Fsp3) is 0.316. The largest absolute Gasteiger partial charge is 0.488 e. The summed E-state index contributed by atoms with van der Waals surface area (Å²) < 4.78 is 47.7. The number of nitrogens with zero attached hydrogens (tertiary/aromatic N) is 4. The van der Waals surface area contributed by atoms with Crippen molar-refractivity contribution in [2.24, 2.45) is 7.05 Å². The molecule has 0 N–H and O–H groups in total. The van der Waals surface area contributed by atoms with E-state index in [2.05, 4.69) is 10.4 Å². The van der Waals surface area contributed by atoms with Crippen molar-refractivity contribution in [2.45, 2.75) is 32.5 Å². The molecule has 0 saturated carbocycles. The van der Waals surface area contributed by atoms with E-state index in [0.29, 0.717) is 17.7 Å². The first-order chi connectivity index (χ1) is 13.7. The van der Waals surface area contributed by atoms with E-state index < -0.39 is 17.4 Å². The highest BCUT2D eigenvalue weighted by molar-refractivity contribution is 6.30. The predicted molar refractivity (Wildman–Crippen MR) is 101 cm³/mol. The predicted octanol–water partition coefficient (Wildman–Crippen LogP) is 4.17. The van der Waals surface area contributed by atoms with E-state index >= 15 is 0 Å². The Kier molecular flexibility index (Phi) is 5.97. The van der Waals surface area contributed by atoms with Gasteiger partial charge in [0, 0.05) is 17.6 Å². The number of hydrogen-bond donors (Lipinski definition) is 0. The van der Waals surface area contributed by atoms with Crippen LogP contribution >= 0.6 is 11.6 Å². The van der Waals surface area contributed by atoms with Gasteiger partial charge in [-0.1, -0.05) is 37.1 Å². The van der Waals surface area contributed by atoms with Crippen LogP contribution < -0.4 is 10.4 Å². The number of tetrazole rings is 1. The maximum atomic E-state index is 13.3. The van der Waals surface area contributed by atoms with Crippen molar-refractivity contribution in [3.05, 3.63) is 68.6 Å². The molecule has 0 bridgehead atoms. The van der Waals surface area contributed by atoms with E-state index in [1.54, 1.807) is 12.1 Å². The van der Waals surface area contributed by atoms with Gasteiger partial charge in [-0.15, -0.1) is 0 Å². The van der Waals surface area contributed by atoms with Crippen molar-refractivity contribution in [2.75, 3.05) is 0 Å². The van der Waals surface area contributed by atoms with Gasteiger partial charge in [0.05, 0.1) is 11.3 Å². The van der Waals surface area contributed by atoms with E-state index in [9.17, 15) is 18.0 Å². The Morgan fingerprint density at radius 3 is 2.55 bits per heavy atom. The number of rotatable bonds is 6. The number of alkyl halides is 3. The molecule has 29 heavy (non-hydrogen) atoms. The maximum Gasteiger partial charge on any atom is 0.419 e. The summed E-state index contributed by atoms with van der Waals surface area (Å²) >= 11 is 5.87. The van der Waals surface area contributed by atoms with Crippen molar-refractivity contribution in [3.63, 3.8) is 0 Å². The third-order valence-electron chi connectivity index (χ3n) is 4.34. The lowest BCUT2D eigenvalue weighted by Crippen LogP contribution is -2.23. The van der Waals surface area contributed by atoms with Gasteiger partial charge in [-0.05, 0) is 46.7 Å². The SMILES string of the molecule is CCCc1cccc(-n2nnn(C)c2=O)c1COc1cc(Cl)ccc1C(F)(F)F. The van der Waals surface area contributed by atoms with Crippen LogP contribution in [-0.4, -0.2) is 19.8 Å². The summed E-state index contributed by atoms with van der Waals surface area (Å²) in [5.41, 5.74) is 0.416. The molecule has 154 valence electrons. The van der Waals surface area contributed by atoms with Gasteiger partial charge in [0.15, 0.2) is 0 Å². The summed E-state index contributed by atoms with van der Waals surface area (Å²) in [5.74, 6) is -0.381. The van der Waals surface area contributed by atoms with Crippen LogP contribution in [0, 0.1) is 0 Å². The monoisotopic (exact) mass is 426 g/mol. The zero-order valence-corrected chi connectivity index (χ0v) is 16.5.